The molecule has 0 aliphatic heterocycles. The highest BCUT2D eigenvalue weighted by atomic mass is 79.9. The Kier molecular flexibility index (Phi) is 7.84. The molecule has 2 aliphatic rings. The van der Waals surface area contributed by atoms with Gasteiger partial charge < -0.3 is 9.64 Å². The summed E-state index contributed by atoms with van der Waals surface area (Å²) in [6.07, 6.45) is 9.40. The third-order valence-corrected chi connectivity index (χ3v) is 7.30. The molecule has 1 aromatic carbocycles. The second kappa shape index (κ2) is 10.8. The summed E-state index contributed by atoms with van der Waals surface area (Å²) in [4.78, 5) is 21.8. The van der Waals surface area contributed by atoms with Gasteiger partial charge in [0.15, 0.2) is 0 Å². The summed E-state index contributed by atoms with van der Waals surface area (Å²) in [5.41, 5.74) is 5.10. The maximum Gasteiger partial charge on any atom is 0.410 e. The fourth-order valence-electron chi connectivity index (χ4n) is 5.02. The van der Waals surface area contributed by atoms with Crippen molar-refractivity contribution in [3.05, 3.63) is 63.4 Å². The minimum Gasteiger partial charge on any atom is -0.446 e. The van der Waals surface area contributed by atoms with E-state index in [1.54, 1.807) is 0 Å². The van der Waals surface area contributed by atoms with Gasteiger partial charge in [-0.25, -0.2) is 4.79 Å². The van der Waals surface area contributed by atoms with E-state index >= 15 is 0 Å². The Bertz CT molecular complexity index is 929. The molecule has 1 heterocycles. The zero-order valence-corrected chi connectivity index (χ0v) is 20.8. The molecule has 2 aliphatic carbocycles. The van der Waals surface area contributed by atoms with Gasteiger partial charge in [-0.05, 0) is 91.2 Å². The van der Waals surface area contributed by atoms with Crippen molar-refractivity contribution in [3.63, 3.8) is 0 Å². The van der Waals surface area contributed by atoms with Crippen LogP contribution in [-0.4, -0.2) is 53.7 Å². The van der Waals surface area contributed by atoms with Crippen molar-refractivity contribution < 1.29 is 9.53 Å². The van der Waals surface area contributed by atoms with Crippen molar-refractivity contribution in [2.75, 3.05) is 26.7 Å². The summed E-state index contributed by atoms with van der Waals surface area (Å²) >= 11 is 3.59. The highest BCUT2D eigenvalue weighted by molar-refractivity contribution is 9.10. The number of fused-ring (bicyclic) bond motifs is 2. The molecule has 1 aromatic heterocycles. The lowest BCUT2D eigenvalue weighted by atomic mass is 9.97. The van der Waals surface area contributed by atoms with Gasteiger partial charge >= 0.3 is 6.09 Å². The van der Waals surface area contributed by atoms with E-state index in [1.807, 2.05) is 18.0 Å². The largest absolute Gasteiger partial charge is 0.446 e. The molecule has 1 amide bonds. The molecule has 1 unspecified atom stereocenters. The van der Waals surface area contributed by atoms with Gasteiger partial charge in [-0.15, -0.1) is 0 Å². The maximum absolute atomic E-state index is 12.8. The third-order valence-electron chi connectivity index (χ3n) is 6.86. The number of hydrogen-bond donors (Lipinski definition) is 0. The van der Waals surface area contributed by atoms with E-state index in [0.717, 1.165) is 55.2 Å². The number of likely N-dealkylation sites (N-methyl/N-ethyl adjacent to an activating group) is 2. The van der Waals surface area contributed by atoms with Gasteiger partial charge in [-0.2, -0.15) is 0 Å². The lowest BCUT2D eigenvalue weighted by Gasteiger charge is -2.32. The quantitative estimate of drug-likeness (QED) is 0.507. The Hall–Kier alpha value is -1.92. The van der Waals surface area contributed by atoms with Crippen molar-refractivity contribution in [1.29, 1.82) is 0 Å². The van der Waals surface area contributed by atoms with E-state index in [-0.39, 0.29) is 18.2 Å². The molecule has 6 heteroatoms. The van der Waals surface area contributed by atoms with Crippen LogP contribution >= 0.6 is 15.9 Å². The molecule has 172 valence electrons. The lowest BCUT2D eigenvalue weighted by molar-refractivity contribution is 0.0447. The van der Waals surface area contributed by atoms with Crippen LogP contribution in [0.4, 0.5) is 4.79 Å². The first-order valence-electron chi connectivity index (χ1n) is 11.9. The minimum atomic E-state index is -0.170. The lowest BCUT2D eigenvalue weighted by Crippen LogP contribution is -2.40. The Morgan fingerprint density at radius 3 is 2.66 bits per heavy atom. The Morgan fingerprint density at radius 2 is 1.88 bits per heavy atom. The molecule has 5 nitrogen and oxygen atoms in total. The smallest absolute Gasteiger partial charge is 0.410 e. The van der Waals surface area contributed by atoms with Crippen LogP contribution in [-0.2, 0) is 17.6 Å². The predicted molar refractivity (Wildman–Crippen MR) is 131 cm³/mol. The number of rotatable bonds is 6. The first kappa shape index (κ1) is 23.2. The minimum absolute atomic E-state index is 0.0740. The number of carbonyl (C=O) groups is 1. The number of hydrogen-bond acceptors (Lipinski definition) is 4. The summed E-state index contributed by atoms with van der Waals surface area (Å²) in [6.45, 7) is 4.08. The number of nitrogens with zero attached hydrogens (tertiary/aromatic N) is 3. The number of aryl methyl sites for hydroxylation is 2. The number of aromatic nitrogens is 1. The van der Waals surface area contributed by atoms with Gasteiger partial charge in [0.05, 0.1) is 11.7 Å². The molecule has 0 saturated heterocycles. The van der Waals surface area contributed by atoms with Crippen LogP contribution < -0.4 is 0 Å². The predicted octanol–water partition coefficient (Wildman–Crippen LogP) is 5.76. The molecule has 0 radical (unpaired) electrons. The van der Waals surface area contributed by atoms with Crippen molar-refractivity contribution in [2.45, 2.75) is 64.0 Å². The van der Waals surface area contributed by atoms with Crippen molar-refractivity contribution in [3.8, 4) is 0 Å². The summed E-state index contributed by atoms with van der Waals surface area (Å²) in [5, 5.41) is 0. The van der Waals surface area contributed by atoms with Gasteiger partial charge in [0.1, 0.15) is 6.10 Å². The van der Waals surface area contributed by atoms with Gasteiger partial charge in [0.2, 0.25) is 0 Å². The molecule has 0 spiro atoms. The van der Waals surface area contributed by atoms with Crippen molar-refractivity contribution in [2.24, 2.45) is 0 Å². The molecule has 1 fully saturated rings. The highest BCUT2D eigenvalue weighted by Gasteiger charge is 2.29. The van der Waals surface area contributed by atoms with Crippen LogP contribution in [0.15, 0.2) is 41.0 Å². The average molecular weight is 500 g/mol. The number of benzene rings is 1. The summed E-state index contributed by atoms with van der Waals surface area (Å²) in [5.74, 6) is 0. The van der Waals surface area contributed by atoms with Crippen molar-refractivity contribution >= 4 is 22.0 Å². The summed E-state index contributed by atoms with van der Waals surface area (Å²) in [7, 11) is 2.14. The molecule has 32 heavy (non-hydrogen) atoms. The zero-order chi connectivity index (χ0) is 22.5. The fourth-order valence-corrected chi connectivity index (χ4v) is 5.39. The van der Waals surface area contributed by atoms with E-state index in [1.165, 1.54) is 23.1 Å². The molecular weight excluding hydrogens is 466 g/mol. The fraction of sp³-hybridized carbons (Fsp3) is 0.538. The molecule has 0 N–H and O–H groups in total. The van der Waals surface area contributed by atoms with E-state index in [2.05, 4.69) is 58.2 Å². The molecule has 1 atom stereocenters. The van der Waals surface area contributed by atoms with Crippen LogP contribution in [0, 0.1) is 0 Å². The number of carbonyl (C=O) groups excluding carboxylic acids is 1. The van der Waals surface area contributed by atoms with Gasteiger partial charge in [-0.1, -0.05) is 30.7 Å². The van der Waals surface area contributed by atoms with Gasteiger partial charge in [-0.3, -0.25) is 9.88 Å². The van der Waals surface area contributed by atoms with E-state index in [0.29, 0.717) is 13.1 Å². The van der Waals surface area contributed by atoms with Crippen LogP contribution in [0.5, 0.6) is 0 Å². The molecule has 0 bridgehead atoms. The normalized spacial score (nSPS) is 18.6. The SMILES string of the molecule is CCN(CCN(C)C1c2ccccc2CCc2cc(Br)cnc21)C(=O)OC1CCCCC1. The summed E-state index contributed by atoms with van der Waals surface area (Å²) < 4.78 is 6.84. The second-order valence-electron chi connectivity index (χ2n) is 9.00. The number of ether oxygens (including phenoxy) is 1. The molecule has 2 aromatic rings. The van der Waals surface area contributed by atoms with E-state index in [9.17, 15) is 4.79 Å². The molecular formula is C26H34BrN3O2. The topological polar surface area (TPSA) is 45.7 Å². The Morgan fingerprint density at radius 1 is 1.12 bits per heavy atom. The average Bonchev–Trinajstić information content (AvgIpc) is 2.96. The number of amides is 1. The molecule has 1 saturated carbocycles. The standard InChI is InChI=1S/C26H34BrN3O2/c1-3-30(26(31)32-22-10-5-4-6-11-22)16-15-29(2)25-23-12-8-7-9-19(23)13-14-20-17-21(27)18-28-24(20)25/h7-9,12,17-18,22,25H,3-6,10-11,13-16H2,1-2H3. The van der Waals surface area contributed by atoms with Crippen LogP contribution in [0.1, 0.15) is 67.5 Å². The first-order valence-corrected chi connectivity index (χ1v) is 12.7. The van der Waals surface area contributed by atoms with E-state index in [4.69, 9.17) is 9.72 Å². The monoisotopic (exact) mass is 499 g/mol. The highest BCUT2D eigenvalue weighted by Crippen LogP contribution is 2.35. The Labute approximate surface area is 200 Å². The molecule has 4 rings (SSSR count). The van der Waals surface area contributed by atoms with Crippen LogP contribution in [0.3, 0.4) is 0 Å². The number of pyridine rings is 1. The summed E-state index contributed by atoms with van der Waals surface area (Å²) in [6, 6.07) is 11.0. The maximum atomic E-state index is 12.8. The van der Waals surface area contributed by atoms with E-state index < -0.39 is 0 Å². The second-order valence-corrected chi connectivity index (χ2v) is 9.92. The van der Waals surface area contributed by atoms with Gasteiger partial charge in [0.25, 0.3) is 0 Å². The van der Waals surface area contributed by atoms with Gasteiger partial charge in [0, 0.05) is 30.3 Å². The van der Waals surface area contributed by atoms with Crippen LogP contribution in [0.25, 0.3) is 0 Å². The zero-order valence-electron chi connectivity index (χ0n) is 19.2. The first-order chi connectivity index (χ1) is 15.6. The number of halogens is 1. The van der Waals surface area contributed by atoms with Crippen LogP contribution in [0.2, 0.25) is 0 Å². The third kappa shape index (κ3) is 5.34. The Balaban J connectivity index is 1.49. The van der Waals surface area contributed by atoms with Crippen molar-refractivity contribution in [1.82, 2.24) is 14.8 Å².